The molecule has 0 bridgehead atoms. The van der Waals surface area contributed by atoms with Crippen molar-refractivity contribution in [3.8, 4) is 0 Å². The molecule has 0 amide bonds. The van der Waals surface area contributed by atoms with Crippen LogP contribution in [0.4, 0.5) is 0 Å². The maximum atomic E-state index is 4.17. The summed E-state index contributed by atoms with van der Waals surface area (Å²) >= 11 is 2.18. The van der Waals surface area contributed by atoms with Gasteiger partial charge < -0.3 is 0 Å². The van der Waals surface area contributed by atoms with Crippen LogP contribution in [0.5, 0.6) is 0 Å². The van der Waals surface area contributed by atoms with Crippen LogP contribution in [0.3, 0.4) is 0 Å². The van der Waals surface area contributed by atoms with Crippen molar-refractivity contribution in [1.29, 1.82) is 0 Å². The molecule has 2 nitrogen and oxygen atoms in total. The predicted octanol–water partition coefficient (Wildman–Crippen LogP) is 9.58. The summed E-state index contributed by atoms with van der Waals surface area (Å²) < 4.78 is 0. The smallest absolute Gasteiger partial charge is 0.106 e. The minimum Gasteiger partial charge on any atom is -0.289 e. The third-order valence-electron chi connectivity index (χ3n) is 9.36. The van der Waals surface area contributed by atoms with E-state index < -0.39 is 0 Å². The highest BCUT2D eigenvalue weighted by Gasteiger charge is 2.34. The Morgan fingerprint density at radius 2 is 1.06 bits per heavy atom. The Balaban J connectivity index is 1.48. The zero-order valence-corrected chi connectivity index (χ0v) is 24.0. The highest BCUT2D eigenvalue weighted by Crippen LogP contribution is 2.32. The predicted molar refractivity (Wildman–Crippen MR) is 154 cm³/mol. The first-order valence-corrected chi connectivity index (χ1v) is 16.8. The SMILES string of the molecule is CC1CCCCCCC(C)(NC2NC(C3CCCCCCCCCCCC3)CS2)CCCCC1. The molecule has 3 fully saturated rings. The van der Waals surface area contributed by atoms with Crippen LogP contribution in [0.2, 0.25) is 0 Å². The van der Waals surface area contributed by atoms with Gasteiger partial charge >= 0.3 is 0 Å². The average molecular weight is 493 g/mol. The third kappa shape index (κ3) is 11.5. The first kappa shape index (κ1) is 28.8. The lowest BCUT2D eigenvalue weighted by atomic mass is 9.88. The Hall–Kier alpha value is 0.270. The molecule has 3 rings (SSSR count). The monoisotopic (exact) mass is 492 g/mol. The van der Waals surface area contributed by atoms with E-state index in [2.05, 4.69) is 36.2 Å². The Labute approximate surface area is 218 Å². The van der Waals surface area contributed by atoms with E-state index >= 15 is 0 Å². The third-order valence-corrected chi connectivity index (χ3v) is 10.5. The van der Waals surface area contributed by atoms with Crippen LogP contribution in [0, 0.1) is 11.8 Å². The van der Waals surface area contributed by atoms with Gasteiger partial charge in [-0.15, -0.1) is 11.8 Å². The molecule has 3 aliphatic rings. The van der Waals surface area contributed by atoms with Gasteiger partial charge in [0.25, 0.3) is 0 Å². The van der Waals surface area contributed by atoms with Crippen LogP contribution in [-0.4, -0.2) is 22.8 Å². The fourth-order valence-electron chi connectivity index (χ4n) is 6.90. The molecular weight excluding hydrogens is 432 g/mol. The van der Waals surface area contributed by atoms with Crippen molar-refractivity contribution in [3.63, 3.8) is 0 Å². The van der Waals surface area contributed by atoms with E-state index in [4.69, 9.17) is 0 Å². The van der Waals surface area contributed by atoms with E-state index in [1.807, 2.05) is 0 Å². The molecule has 34 heavy (non-hydrogen) atoms. The number of rotatable bonds is 3. The van der Waals surface area contributed by atoms with Crippen LogP contribution in [0.15, 0.2) is 0 Å². The van der Waals surface area contributed by atoms with Crippen LogP contribution >= 0.6 is 11.8 Å². The lowest BCUT2D eigenvalue weighted by Crippen LogP contribution is -2.52. The lowest BCUT2D eigenvalue weighted by molar-refractivity contribution is 0.250. The molecule has 0 aromatic carbocycles. The van der Waals surface area contributed by atoms with Gasteiger partial charge in [-0.2, -0.15) is 0 Å². The minimum atomic E-state index is 0.309. The second-order valence-electron chi connectivity index (χ2n) is 12.7. The Morgan fingerprint density at radius 3 is 1.62 bits per heavy atom. The summed E-state index contributed by atoms with van der Waals surface area (Å²) in [6.45, 7) is 5.03. The van der Waals surface area contributed by atoms with Crippen LogP contribution in [-0.2, 0) is 0 Å². The fourth-order valence-corrected chi connectivity index (χ4v) is 8.30. The van der Waals surface area contributed by atoms with E-state index in [9.17, 15) is 0 Å². The molecule has 2 aliphatic carbocycles. The molecule has 1 saturated heterocycles. The van der Waals surface area contributed by atoms with Gasteiger partial charge in [-0.05, 0) is 44.4 Å². The Bertz CT molecular complexity index is 498. The topological polar surface area (TPSA) is 24.1 Å². The molecule has 1 heterocycles. The molecule has 4 atom stereocenters. The Kier molecular flexibility index (Phi) is 14.3. The maximum Gasteiger partial charge on any atom is 0.106 e. The summed E-state index contributed by atoms with van der Waals surface area (Å²) in [5, 5.41) is 8.28. The molecule has 2 saturated carbocycles. The summed E-state index contributed by atoms with van der Waals surface area (Å²) in [7, 11) is 0. The zero-order valence-electron chi connectivity index (χ0n) is 23.2. The van der Waals surface area contributed by atoms with Gasteiger partial charge in [0.05, 0.1) is 0 Å². The highest BCUT2D eigenvalue weighted by molar-refractivity contribution is 8.00. The van der Waals surface area contributed by atoms with Crippen molar-refractivity contribution in [2.75, 3.05) is 5.75 Å². The molecule has 1 aliphatic heterocycles. The fraction of sp³-hybridized carbons (Fsp3) is 1.00. The van der Waals surface area contributed by atoms with Crippen LogP contribution in [0.25, 0.3) is 0 Å². The standard InChI is InChI=1S/C31H60N2S/c1-27-20-14-11-12-18-24-31(2,25-19-13-15-21-27)33-30-32-29(26-34-30)28-22-16-9-7-5-3-4-6-8-10-17-23-28/h27-30,32-33H,3-26H2,1-2H3. The number of nitrogens with one attached hydrogen (secondary N) is 2. The molecule has 4 unspecified atom stereocenters. The van der Waals surface area contributed by atoms with E-state index in [0.29, 0.717) is 11.0 Å². The molecule has 200 valence electrons. The van der Waals surface area contributed by atoms with Crippen molar-refractivity contribution < 1.29 is 0 Å². The summed E-state index contributed by atoms with van der Waals surface area (Å²) in [6.07, 6.45) is 33.3. The van der Waals surface area contributed by atoms with Crippen molar-refractivity contribution >= 4 is 11.8 Å². The summed E-state index contributed by atoms with van der Waals surface area (Å²) in [6, 6.07) is 0.729. The molecule has 0 radical (unpaired) electrons. The normalized spacial score (nSPS) is 35.6. The first-order chi connectivity index (χ1) is 16.6. The van der Waals surface area contributed by atoms with Gasteiger partial charge in [0, 0.05) is 17.3 Å². The zero-order chi connectivity index (χ0) is 23.9. The summed E-state index contributed by atoms with van der Waals surface area (Å²) in [5.41, 5.74) is 0.777. The second kappa shape index (κ2) is 16.9. The largest absolute Gasteiger partial charge is 0.289 e. The maximum absolute atomic E-state index is 4.17. The number of hydrogen-bond acceptors (Lipinski definition) is 3. The van der Waals surface area contributed by atoms with Gasteiger partial charge in [0.1, 0.15) is 5.50 Å². The molecule has 0 spiro atoms. The minimum absolute atomic E-state index is 0.309. The van der Waals surface area contributed by atoms with Gasteiger partial charge in [-0.1, -0.05) is 129 Å². The average Bonchev–Trinajstić information content (AvgIpc) is 3.28. The van der Waals surface area contributed by atoms with Crippen LogP contribution < -0.4 is 10.6 Å². The lowest BCUT2D eigenvalue weighted by Gasteiger charge is -2.35. The van der Waals surface area contributed by atoms with Crippen molar-refractivity contribution in [2.24, 2.45) is 11.8 Å². The quantitative estimate of drug-likeness (QED) is 0.410. The molecule has 2 N–H and O–H groups in total. The van der Waals surface area contributed by atoms with Gasteiger partial charge in [0.15, 0.2) is 0 Å². The van der Waals surface area contributed by atoms with Crippen molar-refractivity contribution in [3.05, 3.63) is 0 Å². The number of hydrogen-bond donors (Lipinski definition) is 2. The molecule has 0 aromatic rings. The second-order valence-corrected chi connectivity index (χ2v) is 13.9. The van der Waals surface area contributed by atoms with Crippen molar-refractivity contribution in [2.45, 2.75) is 179 Å². The van der Waals surface area contributed by atoms with E-state index in [1.165, 1.54) is 153 Å². The first-order valence-electron chi connectivity index (χ1n) is 15.8. The molecule has 0 aromatic heterocycles. The van der Waals surface area contributed by atoms with Gasteiger partial charge in [0.2, 0.25) is 0 Å². The van der Waals surface area contributed by atoms with E-state index in [1.54, 1.807) is 0 Å². The summed E-state index contributed by atoms with van der Waals surface area (Å²) in [5.74, 6) is 3.16. The Morgan fingerprint density at radius 1 is 0.618 bits per heavy atom. The van der Waals surface area contributed by atoms with Gasteiger partial charge in [-0.25, -0.2) is 0 Å². The van der Waals surface area contributed by atoms with Gasteiger partial charge in [-0.3, -0.25) is 10.6 Å². The highest BCUT2D eigenvalue weighted by atomic mass is 32.2. The van der Waals surface area contributed by atoms with Crippen LogP contribution in [0.1, 0.15) is 162 Å². The summed E-state index contributed by atoms with van der Waals surface area (Å²) in [4.78, 5) is 0. The number of thioether (sulfide) groups is 1. The van der Waals surface area contributed by atoms with E-state index in [-0.39, 0.29) is 0 Å². The molecular formula is C31H60N2S. The molecule has 3 heteroatoms. The van der Waals surface area contributed by atoms with E-state index in [0.717, 1.165) is 17.9 Å². The van der Waals surface area contributed by atoms with Crippen molar-refractivity contribution in [1.82, 2.24) is 10.6 Å².